The maximum atomic E-state index is 12.5. The molecule has 1 aromatic carbocycles. The Morgan fingerprint density at radius 1 is 1.15 bits per heavy atom. The molecule has 0 spiro atoms. The molecule has 0 unspecified atom stereocenters. The Bertz CT molecular complexity index is 612. The van der Waals surface area contributed by atoms with E-state index in [-0.39, 0.29) is 17.9 Å². The van der Waals surface area contributed by atoms with E-state index in [4.69, 9.17) is 9.47 Å². The van der Waals surface area contributed by atoms with E-state index in [2.05, 4.69) is 22.3 Å². The first-order chi connectivity index (χ1) is 12.8. The fourth-order valence-electron chi connectivity index (χ4n) is 3.32. The topological polar surface area (TPSA) is 67.9 Å². The summed E-state index contributed by atoms with van der Waals surface area (Å²) in [5, 5.41) is 2.90. The zero-order valence-electron chi connectivity index (χ0n) is 16.9. The molecule has 1 amide bonds. The van der Waals surface area contributed by atoms with Gasteiger partial charge in [0.05, 0.1) is 12.5 Å². The standard InChI is InChI=1S/C21H32N2O4/c1-5-26-19(24)17-11-13-23(15-16-9-7-6-8-10-16)14-12-18(17)22-20(25)27-21(2,3)4/h6-10,17-18H,5,11-15H2,1-4H3,(H,22,25)/t17-,18+/m1/s1. The van der Waals surface area contributed by atoms with Crippen molar-refractivity contribution in [2.45, 2.75) is 58.7 Å². The maximum absolute atomic E-state index is 12.5. The van der Waals surface area contributed by atoms with Crippen LogP contribution in [0, 0.1) is 5.92 Å². The number of hydrogen-bond acceptors (Lipinski definition) is 5. The molecule has 1 heterocycles. The summed E-state index contributed by atoms with van der Waals surface area (Å²) in [7, 11) is 0. The molecule has 0 saturated carbocycles. The number of carbonyl (C=O) groups is 2. The van der Waals surface area contributed by atoms with Crippen molar-refractivity contribution in [3.8, 4) is 0 Å². The lowest BCUT2D eigenvalue weighted by atomic mass is 9.95. The number of ether oxygens (including phenoxy) is 2. The van der Waals surface area contributed by atoms with Gasteiger partial charge >= 0.3 is 12.1 Å². The van der Waals surface area contributed by atoms with Crippen LogP contribution in [-0.2, 0) is 20.8 Å². The molecule has 0 aliphatic carbocycles. The van der Waals surface area contributed by atoms with E-state index in [0.29, 0.717) is 19.4 Å². The summed E-state index contributed by atoms with van der Waals surface area (Å²) in [6.45, 7) is 10.0. The van der Waals surface area contributed by atoms with E-state index in [0.717, 1.165) is 19.6 Å². The Morgan fingerprint density at radius 2 is 1.81 bits per heavy atom. The summed E-state index contributed by atoms with van der Waals surface area (Å²) in [5.41, 5.74) is 0.664. The number of amides is 1. The first kappa shape index (κ1) is 21.2. The van der Waals surface area contributed by atoms with Crippen LogP contribution in [0.25, 0.3) is 0 Å². The lowest BCUT2D eigenvalue weighted by Crippen LogP contribution is -2.45. The highest BCUT2D eigenvalue weighted by Gasteiger charge is 2.34. The lowest BCUT2D eigenvalue weighted by molar-refractivity contribution is -0.149. The van der Waals surface area contributed by atoms with Gasteiger partial charge < -0.3 is 14.8 Å². The zero-order chi connectivity index (χ0) is 19.9. The molecule has 1 aliphatic rings. The SMILES string of the molecule is CCOC(=O)[C@@H]1CCN(Cc2ccccc2)CC[C@@H]1NC(=O)OC(C)(C)C. The molecular weight excluding hydrogens is 344 g/mol. The van der Waals surface area contributed by atoms with E-state index in [1.165, 1.54) is 5.56 Å². The van der Waals surface area contributed by atoms with Crippen LogP contribution >= 0.6 is 0 Å². The molecule has 0 aromatic heterocycles. The molecule has 2 rings (SSSR count). The Hall–Kier alpha value is -2.08. The van der Waals surface area contributed by atoms with Crippen molar-refractivity contribution in [2.24, 2.45) is 5.92 Å². The van der Waals surface area contributed by atoms with Crippen molar-refractivity contribution < 1.29 is 19.1 Å². The van der Waals surface area contributed by atoms with Crippen molar-refractivity contribution in [1.82, 2.24) is 10.2 Å². The second-order valence-corrected chi connectivity index (χ2v) is 7.95. The highest BCUT2D eigenvalue weighted by Crippen LogP contribution is 2.22. The van der Waals surface area contributed by atoms with Gasteiger partial charge in [0, 0.05) is 19.1 Å². The molecular formula is C21H32N2O4. The number of benzene rings is 1. The second-order valence-electron chi connectivity index (χ2n) is 7.95. The van der Waals surface area contributed by atoms with Gasteiger partial charge in [0.1, 0.15) is 5.60 Å². The van der Waals surface area contributed by atoms with Gasteiger partial charge in [-0.25, -0.2) is 4.79 Å². The Morgan fingerprint density at radius 3 is 2.44 bits per heavy atom. The van der Waals surface area contributed by atoms with E-state index in [9.17, 15) is 9.59 Å². The minimum Gasteiger partial charge on any atom is -0.466 e. The summed E-state index contributed by atoms with van der Waals surface area (Å²) in [6, 6.07) is 9.97. The Balaban J connectivity index is 2.04. The molecule has 150 valence electrons. The molecule has 0 bridgehead atoms. The van der Waals surface area contributed by atoms with Crippen LogP contribution in [-0.4, -0.2) is 48.3 Å². The summed E-state index contributed by atoms with van der Waals surface area (Å²) in [6.07, 6.45) is 0.833. The van der Waals surface area contributed by atoms with Crippen LogP contribution in [0.15, 0.2) is 30.3 Å². The summed E-state index contributed by atoms with van der Waals surface area (Å²) in [5.74, 6) is -0.613. The van der Waals surface area contributed by atoms with Gasteiger partial charge in [-0.05, 0) is 52.6 Å². The van der Waals surface area contributed by atoms with E-state index >= 15 is 0 Å². The summed E-state index contributed by atoms with van der Waals surface area (Å²) < 4.78 is 10.6. The average Bonchev–Trinajstić information content (AvgIpc) is 2.77. The van der Waals surface area contributed by atoms with Gasteiger partial charge in [0.15, 0.2) is 0 Å². The molecule has 6 heteroatoms. The van der Waals surface area contributed by atoms with Crippen molar-refractivity contribution >= 4 is 12.1 Å². The molecule has 0 radical (unpaired) electrons. The number of hydrogen-bond donors (Lipinski definition) is 1. The number of nitrogens with zero attached hydrogens (tertiary/aromatic N) is 1. The highest BCUT2D eigenvalue weighted by molar-refractivity contribution is 5.75. The van der Waals surface area contributed by atoms with Crippen molar-refractivity contribution in [1.29, 1.82) is 0 Å². The number of carbonyl (C=O) groups excluding carboxylic acids is 2. The lowest BCUT2D eigenvalue weighted by Gasteiger charge is -2.26. The fraction of sp³-hybridized carbons (Fsp3) is 0.619. The van der Waals surface area contributed by atoms with Gasteiger partial charge in [-0.2, -0.15) is 0 Å². The third-order valence-corrected chi connectivity index (χ3v) is 4.54. The van der Waals surface area contributed by atoms with E-state index in [1.807, 2.05) is 39.0 Å². The van der Waals surface area contributed by atoms with Crippen molar-refractivity contribution in [3.63, 3.8) is 0 Å². The predicted octanol–water partition coefficient (Wildman–Crippen LogP) is 3.36. The molecule has 1 aliphatic heterocycles. The van der Waals surface area contributed by atoms with Gasteiger partial charge in [0.25, 0.3) is 0 Å². The summed E-state index contributed by atoms with van der Waals surface area (Å²) in [4.78, 5) is 27.0. The van der Waals surface area contributed by atoms with Crippen LogP contribution in [0.4, 0.5) is 4.79 Å². The minimum absolute atomic E-state index is 0.250. The van der Waals surface area contributed by atoms with Crippen LogP contribution in [0.1, 0.15) is 46.1 Å². The van der Waals surface area contributed by atoms with Gasteiger partial charge in [0.2, 0.25) is 0 Å². The van der Waals surface area contributed by atoms with Crippen LogP contribution < -0.4 is 5.32 Å². The smallest absolute Gasteiger partial charge is 0.407 e. The van der Waals surface area contributed by atoms with Gasteiger partial charge in [-0.15, -0.1) is 0 Å². The molecule has 6 nitrogen and oxygen atoms in total. The molecule has 1 saturated heterocycles. The highest BCUT2D eigenvalue weighted by atomic mass is 16.6. The average molecular weight is 376 g/mol. The quantitative estimate of drug-likeness (QED) is 0.798. The number of likely N-dealkylation sites (tertiary alicyclic amines) is 1. The first-order valence-electron chi connectivity index (χ1n) is 9.71. The largest absolute Gasteiger partial charge is 0.466 e. The van der Waals surface area contributed by atoms with Gasteiger partial charge in [-0.3, -0.25) is 9.69 Å². The number of rotatable bonds is 5. The maximum Gasteiger partial charge on any atom is 0.407 e. The molecule has 1 fully saturated rings. The van der Waals surface area contributed by atoms with Crippen LogP contribution in [0.5, 0.6) is 0 Å². The third-order valence-electron chi connectivity index (χ3n) is 4.54. The second kappa shape index (κ2) is 9.74. The Labute approximate surface area is 162 Å². The molecule has 1 aromatic rings. The zero-order valence-corrected chi connectivity index (χ0v) is 16.9. The number of alkyl carbamates (subject to hydrolysis) is 1. The molecule has 27 heavy (non-hydrogen) atoms. The van der Waals surface area contributed by atoms with Gasteiger partial charge in [-0.1, -0.05) is 30.3 Å². The molecule has 1 N–H and O–H groups in total. The van der Waals surface area contributed by atoms with E-state index in [1.54, 1.807) is 6.92 Å². The number of nitrogens with one attached hydrogen (secondary N) is 1. The monoisotopic (exact) mass is 376 g/mol. The van der Waals surface area contributed by atoms with Crippen LogP contribution in [0.3, 0.4) is 0 Å². The van der Waals surface area contributed by atoms with Crippen LogP contribution in [0.2, 0.25) is 0 Å². The fourth-order valence-corrected chi connectivity index (χ4v) is 3.32. The molecule has 2 atom stereocenters. The summed E-state index contributed by atoms with van der Waals surface area (Å²) >= 11 is 0. The predicted molar refractivity (Wildman–Crippen MR) is 104 cm³/mol. The van der Waals surface area contributed by atoms with E-state index < -0.39 is 11.7 Å². The van der Waals surface area contributed by atoms with Crippen molar-refractivity contribution in [2.75, 3.05) is 19.7 Å². The minimum atomic E-state index is -0.576. The Kier molecular flexibility index (Phi) is 7.66. The third kappa shape index (κ3) is 7.21. The number of esters is 1. The first-order valence-corrected chi connectivity index (χ1v) is 9.71. The normalized spacial score (nSPS) is 21.2. The van der Waals surface area contributed by atoms with Crippen molar-refractivity contribution in [3.05, 3.63) is 35.9 Å².